The van der Waals surface area contributed by atoms with Crippen LogP contribution in [0.4, 0.5) is 10.5 Å². The minimum Gasteiger partial charge on any atom is -0.378 e. The molecule has 1 fully saturated rings. The maximum atomic E-state index is 11.7. The van der Waals surface area contributed by atoms with Crippen molar-refractivity contribution in [3.8, 4) is 0 Å². The van der Waals surface area contributed by atoms with E-state index in [1.54, 1.807) is 0 Å². The first-order valence-corrected chi connectivity index (χ1v) is 6.73. The quantitative estimate of drug-likeness (QED) is 0.758. The molecular formula is C14H21N3O2. The summed E-state index contributed by atoms with van der Waals surface area (Å²) < 4.78 is 5.50. The van der Waals surface area contributed by atoms with Crippen molar-refractivity contribution in [3.63, 3.8) is 0 Å². The van der Waals surface area contributed by atoms with Crippen LogP contribution in [0.2, 0.25) is 0 Å². The number of hydrogen-bond acceptors (Lipinski definition) is 3. The predicted octanol–water partition coefficient (Wildman–Crippen LogP) is 1.84. The lowest BCUT2D eigenvalue weighted by atomic mass is 10.2. The van der Waals surface area contributed by atoms with Crippen LogP contribution in [0.1, 0.15) is 24.8 Å². The van der Waals surface area contributed by atoms with Gasteiger partial charge in [-0.05, 0) is 37.0 Å². The first-order chi connectivity index (χ1) is 9.28. The fourth-order valence-electron chi connectivity index (χ4n) is 2.12. The van der Waals surface area contributed by atoms with Gasteiger partial charge in [-0.3, -0.25) is 0 Å². The van der Waals surface area contributed by atoms with Gasteiger partial charge in [0.15, 0.2) is 0 Å². The predicted molar refractivity (Wildman–Crippen MR) is 74.9 cm³/mol. The number of hydrogen-bond donors (Lipinski definition) is 3. The average Bonchev–Trinajstić information content (AvgIpc) is 2.93. The number of urea groups is 1. The van der Waals surface area contributed by atoms with Crippen molar-refractivity contribution in [2.45, 2.75) is 31.9 Å². The maximum Gasteiger partial charge on any atom is 0.319 e. The molecule has 4 N–H and O–H groups in total. The van der Waals surface area contributed by atoms with E-state index < -0.39 is 0 Å². The number of anilines is 1. The Bertz CT molecular complexity index is 400. The van der Waals surface area contributed by atoms with E-state index >= 15 is 0 Å². The molecule has 0 saturated carbocycles. The number of rotatable bonds is 5. The molecule has 0 radical (unpaired) electrons. The lowest BCUT2D eigenvalue weighted by Crippen LogP contribution is -2.31. The highest BCUT2D eigenvalue weighted by molar-refractivity contribution is 5.89. The molecule has 5 nitrogen and oxygen atoms in total. The Hall–Kier alpha value is -1.59. The molecule has 1 heterocycles. The summed E-state index contributed by atoms with van der Waals surface area (Å²) in [5.41, 5.74) is 7.33. The zero-order chi connectivity index (χ0) is 13.5. The minimum absolute atomic E-state index is 0.182. The molecule has 1 saturated heterocycles. The molecule has 104 valence electrons. The van der Waals surface area contributed by atoms with Crippen molar-refractivity contribution in [1.29, 1.82) is 0 Å². The third-order valence-corrected chi connectivity index (χ3v) is 3.22. The second-order valence-corrected chi connectivity index (χ2v) is 4.71. The summed E-state index contributed by atoms with van der Waals surface area (Å²) in [7, 11) is 0. The van der Waals surface area contributed by atoms with E-state index in [0.717, 1.165) is 37.1 Å². The molecule has 0 spiro atoms. The van der Waals surface area contributed by atoms with Gasteiger partial charge in [-0.25, -0.2) is 4.79 Å². The Morgan fingerprint density at radius 2 is 2.16 bits per heavy atom. The van der Waals surface area contributed by atoms with Crippen molar-refractivity contribution < 1.29 is 9.53 Å². The summed E-state index contributed by atoms with van der Waals surface area (Å²) in [6.45, 7) is 2.00. The largest absolute Gasteiger partial charge is 0.378 e. The topological polar surface area (TPSA) is 76.4 Å². The van der Waals surface area contributed by atoms with Crippen LogP contribution in [0.3, 0.4) is 0 Å². The van der Waals surface area contributed by atoms with Gasteiger partial charge in [-0.1, -0.05) is 12.1 Å². The molecule has 1 aliphatic heterocycles. The lowest BCUT2D eigenvalue weighted by molar-refractivity contribution is 0.105. The highest BCUT2D eigenvalue weighted by Crippen LogP contribution is 2.14. The number of nitrogens with two attached hydrogens (primary N) is 1. The fraction of sp³-hybridized carbons (Fsp3) is 0.500. The molecule has 0 bridgehead atoms. The van der Waals surface area contributed by atoms with Gasteiger partial charge in [0.05, 0.1) is 6.10 Å². The SMILES string of the molecule is NCc1ccc(NC(=O)NCCC2CCCO2)cc1. The Balaban J connectivity index is 1.68. The zero-order valence-corrected chi connectivity index (χ0v) is 11.0. The third kappa shape index (κ3) is 4.54. The number of amides is 2. The second kappa shape index (κ2) is 7.11. The smallest absolute Gasteiger partial charge is 0.319 e. The number of ether oxygens (including phenoxy) is 1. The molecule has 1 aromatic carbocycles. The Labute approximate surface area is 113 Å². The summed E-state index contributed by atoms with van der Waals surface area (Å²) in [6.07, 6.45) is 3.41. The molecule has 1 aliphatic rings. The van der Waals surface area contributed by atoms with Gasteiger partial charge in [-0.2, -0.15) is 0 Å². The normalized spacial score (nSPS) is 18.3. The van der Waals surface area contributed by atoms with Crippen LogP contribution in [0, 0.1) is 0 Å². The Morgan fingerprint density at radius 3 is 2.79 bits per heavy atom. The summed E-state index contributed by atoms with van der Waals surface area (Å²) in [6, 6.07) is 7.33. The van der Waals surface area contributed by atoms with Crippen molar-refractivity contribution in [1.82, 2.24) is 5.32 Å². The van der Waals surface area contributed by atoms with Crippen molar-refractivity contribution in [3.05, 3.63) is 29.8 Å². The van der Waals surface area contributed by atoms with Crippen LogP contribution in [-0.4, -0.2) is 25.3 Å². The van der Waals surface area contributed by atoms with Gasteiger partial charge < -0.3 is 21.1 Å². The monoisotopic (exact) mass is 263 g/mol. The Kier molecular flexibility index (Phi) is 5.18. The fourth-order valence-corrected chi connectivity index (χ4v) is 2.12. The molecule has 1 atom stereocenters. The molecule has 0 aromatic heterocycles. The van der Waals surface area contributed by atoms with Crippen LogP contribution >= 0.6 is 0 Å². The number of carbonyl (C=O) groups is 1. The second-order valence-electron chi connectivity index (χ2n) is 4.71. The molecule has 2 rings (SSSR count). The van der Waals surface area contributed by atoms with E-state index in [1.807, 2.05) is 24.3 Å². The summed E-state index contributed by atoms with van der Waals surface area (Å²) in [5, 5.41) is 5.62. The first-order valence-electron chi connectivity index (χ1n) is 6.73. The van der Waals surface area contributed by atoms with Gasteiger partial charge in [0.25, 0.3) is 0 Å². The molecule has 0 aliphatic carbocycles. The highest BCUT2D eigenvalue weighted by atomic mass is 16.5. The Morgan fingerprint density at radius 1 is 1.37 bits per heavy atom. The molecular weight excluding hydrogens is 242 g/mol. The van der Waals surface area contributed by atoms with Crippen molar-refractivity contribution >= 4 is 11.7 Å². The van der Waals surface area contributed by atoms with Crippen molar-refractivity contribution in [2.24, 2.45) is 5.73 Å². The van der Waals surface area contributed by atoms with Gasteiger partial charge in [0, 0.05) is 25.4 Å². The molecule has 1 aromatic rings. The standard InChI is InChI=1S/C14H21N3O2/c15-10-11-3-5-12(6-4-11)17-14(18)16-8-7-13-2-1-9-19-13/h3-6,13H,1-2,7-10,15H2,(H2,16,17,18). The van der Waals surface area contributed by atoms with Gasteiger partial charge >= 0.3 is 6.03 Å². The maximum absolute atomic E-state index is 11.7. The average molecular weight is 263 g/mol. The summed E-state index contributed by atoms with van der Waals surface area (Å²) in [4.78, 5) is 11.7. The number of nitrogens with one attached hydrogen (secondary N) is 2. The van der Waals surface area contributed by atoms with Gasteiger partial charge in [0.1, 0.15) is 0 Å². The van der Waals surface area contributed by atoms with Gasteiger partial charge in [0.2, 0.25) is 0 Å². The zero-order valence-electron chi connectivity index (χ0n) is 11.0. The van der Waals surface area contributed by atoms with Crippen LogP contribution in [0.25, 0.3) is 0 Å². The van der Waals surface area contributed by atoms with E-state index in [2.05, 4.69) is 10.6 Å². The molecule has 5 heteroatoms. The highest BCUT2D eigenvalue weighted by Gasteiger charge is 2.14. The van der Waals surface area contributed by atoms with Crippen molar-refractivity contribution in [2.75, 3.05) is 18.5 Å². The van der Waals surface area contributed by atoms with E-state index in [-0.39, 0.29) is 6.03 Å². The minimum atomic E-state index is -0.182. The summed E-state index contributed by atoms with van der Waals surface area (Å²) in [5.74, 6) is 0. The lowest BCUT2D eigenvalue weighted by Gasteiger charge is -2.11. The van der Waals surface area contributed by atoms with E-state index in [1.165, 1.54) is 0 Å². The van der Waals surface area contributed by atoms with E-state index in [4.69, 9.17) is 10.5 Å². The molecule has 2 amide bonds. The summed E-state index contributed by atoms with van der Waals surface area (Å²) >= 11 is 0. The van der Waals surface area contributed by atoms with Crippen LogP contribution in [0.15, 0.2) is 24.3 Å². The van der Waals surface area contributed by atoms with Gasteiger partial charge in [-0.15, -0.1) is 0 Å². The molecule has 19 heavy (non-hydrogen) atoms. The molecule has 1 unspecified atom stereocenters. The first kappa shape index (κ1) is 13.8. The van der Waals surface area contributed by atoms with E-state index in [9.17, 15) is 4.79 Å². The third-order valence-electron chi connectivity index (χ3n) is 3.22. The van der Waals surface area contributed by atoms with Crippen LogP contribution in [-0.2, 0) is 11.3 Å². The number of carbonyl (C=O) groups excluding carboxylic acids is 1. The number of benzene rings is 1. The van der Waals surface area contributed by atoms with Crippen LogP contribution < -0.4 is 16.4 Å². The van der Waals surface area contributed by atoms with Crippen LogP contribution in [0.5, 0.6) is 0 Å². The van der Waals surface area contributed by atoms with E-state index in [0.29, 0.717) is 19.2 Å².